The molecular weight excluding hydrogens is 196 g/mol. The number of hydrogen-bond donors (Lipinski definition) is 1. The molecule has 1 fully saturated rings. The Kier molecular flexibility index (Phi) is 3.64. The summed E-state index contributed by atoms with van der Waals surface area (Å²) in [5.41, 5.74) is 2.36. The number of aliphatic hydroxyl groups excluding tert-OH is 1. The molecule has 0 aromatic heterocycles. The van der Waals surface area contributed by atoms with Crippen molar-refractivity contribution in [3.05, 3.63) is 35.4 Å². The molecule has 1 aliphatic carbocycles. The monoisotopic (exact) mass is 214 g/mol. The summed E-state index contributed by atoms with van der Waals surface area (Å²) < 4.78 is 0. The summed E-state index contributed by atoms with van der Waals surface area (Å²) in [4.78, 5) is 0. The molecule has 1 aromatic carbocycles. The third-order valence-corrected chi connectivity index (χ3v) is 3.66. The molecule has 84 valence electrons. The fourth-order valence-corrected chi connectivity index (χ4v) is 2.64. The second kappa shape index (κ2) is 5.18. The van der Waals surface area contributed by atoms with Crippen molar-refractivity contribution in [2.24, 2.45) is 5.92 Å². The maximum absolute atomic E-state index is 9.12. The molecule has 0 aliphatic heterocycles. The highest BCUT2D eigenvalue weighted by Gasteiger charge is 2.22. The molecule has 0 amide bonds. The first-order chi connectivity index (χ1) is 7.85. The zero-order valence-electron chi connectivity index (χ0n) is 9.52. The summed E-state index contributed by atoms with van der Waals surface area (Å²) in [7, 11) is 0. The maximum Gasteiger partial charge on any atom is 0.0459 e. The average molecular weight is 214 g/mol. The van der Waals surface area contributed by atoms with Gasteiger partial charge in [0.15, 0.2) is 0 Å². The first-order valence-electron chi connectivity index (χ1n) is 6.01. The highest BCUT2D eigenvalue weighted by molar-refractivity contribution is 5.41. The number of terminal acetylenes is 1. The normalized spacial score (nSPS) is 25.0. The van der Waals surface area contributed by atoms with E-state index >= 15 is 0 Å². The van der Waals surface area contributed by atoms with Gasteiger partial charge in [-0.3, -0.25) is 0 Å². The lowest BCUT2D eigenvalue weighted by molar-refractivity contribution is 0.182. The molecule has 0 atom stereocenters. The van der Waals surface area contributed by atoms with Gasteiger partial charge >= 0.3 is 0 Å². The lowest BCUT2D eigenvalue weighted by atomic mass is 9.78. The predicted molar refractivity (Wildman–Crippen MR) is 66.2 cm³/mol. The van der Waals surface area contributed by atoms with E-state index in [-0.39, 0.29) is 0 Å². The van der Waals surface area contributed by atoms with Crippen molar-refractivity contribution in [2.45, 2.75) is 31.6 Å². The highest BCUT2D eigenvalue weighted by Crippen LogP contribution is 2.36. The van der Waals surface area contributed by atoms with Crippen LogP contribution in [0.3, 0.4) is 0 Å². The van der Waals surface area contributed by atoms with Gasteiger partial charge in [0, 0.05) is 12.2 Å². The van der Waals surface area contributed by atoms with Gasteiger partial charge in [0.2, 0.25) is 0 Å². The number of aliphatic hydroxyl groups is 1. The topological polar surface area (TPSA) is 20.2 Å². The van der Waals surface area contributed by atoms with Gasteiger partial charge in [0.1, 0.15) is 0 Å². The quantitative estimate of drug-likeness (QED) is 0.750. The third kappa shape index (κ3) is 2.28. The Balaban J connectivity index is 2.11. The molecule has 0 bridgehead atoms. The standard InChI is InChI=1S/C15H18O/c1-2-13-5-3-4-6-15(13)14-9-7-12(11-16)8-10-14/h1,3-6,12,14,16H,7-11H2. The number of benzene rings is 1. The van der Waals surface area contributed by atoms with E-state index in [0.29, 0.717) is 18.4 Å². The predicted octanol–water partition coefficient (Wildman–Crippen LogP) is 2.93. The minimum atomic E-state index is 0.337. The molecule has 0 heterocycles. The SMILES string of the molecule is C#Cc1ccccc1C1CCC(CO)CC1. The molecule has 1 nitrogen and oxygen atoms in total. The van der Waals surface area contributed by atoms with Crippen LogP contribution in [0.4, 0.5) is 0 Å². The molecule has 16 heavy (non-hydrogen) atoms. The van der Waals surface area contributed by atoms with Crippen molar-refractivity contribution in [3.8, 4) is 12.3 Å². The number of rotatable bonds is 2. The molecule has 0 spiro atoms. The summed E-state index contributed by atoms with van der Waals surface area (Å²) in [6.07, 6.45) is 10.1. The molecule has 1 aliphatic rings. The third-order valence-electron chi connectivity index (χ3n) is 3.66. The highest BCUT2D eigenvalue weighted by atomic mass is 16.3. The van der Waals surface area contributed by atoms with Crippen LogP contribution in [0, 0.1) is 18.3 Å². The Hall–Kier alpha value is -1.26. The van der Waals surface area contributed by atoms with Gasteiger partial charge in [0.25, 0.3) is 0 Å². The second-order valence-electron chi connectivity index (χ2n) is 4.63. The van der Waals surface area contributed by atoms with Crippen molar-refractivity contribution in [3.63, 3.8) is 0 Å². The lowest BCUT2D eigenvalue weighted by Crippen LogP contribution is -2.16. The van der Waals surface area contributed by atoms with Crippen LogP contribution in [0.15, 0.2) is 24.3 Å². The van der Waals surface area contributed by atoms with Crippen LogP contribution in [0.2, 0.25) is 0 Å². The van der Waals surface area contributed by atoms with Crippen molar-refractivity contribution in [1.29, 1.82) is 0 Å². The Morgan fingerprint density at radius 1 is 1.19 bits per heavy atom. The van der Waals surface area contributed by atoms with E-state index in [1.165, 1.54) is 5.56 Å². The van der Waals surface area contributed by atoms with E-state index < -0.39 is 0 Å². The molecule has 1 aromatic rings. The van der Waals surface area contributed by atoms with Gasteiger partial charge in [-0.25, -0.2) is 0 Å². The first kappa shape index (κ1) is 11.2. The minimum Gasteiger partial charge on any atom is -0.396 e. The maximum atomic E-state index is 9.12. The van der Waals surface area contributed by atoms with Gasteiger partial charge in [-0.2, -0.15) is 0 Å². The van der Waals surface area contributed by atoms with Crippen LogP contribution in [0.5, 0.6) is 0 Å². The summed E-state index contributed by atoms with van der Waals surface area (Å²) in [6.45, 7) is 0.337. The van der Waals surface area contributed by atoms with E-state index in [1.54, 1.807) is 0 Å². The van der Waals surface area contributed by atoms with Crippen LogP contribution in [0.25, 0.3) is 0 Å². The summed E-state index contributed by atoms with van der Waals surface area (Å²) in [6, 6.07) is 8.24. The van der Waals surface area contributed by atoms with E-state index in [9.17, 15) is 0 Å². The van der Waals surface area contributed by atoms with Gasteiger partial charge in [-0.1, -0.05) is 24.1 Å². The van der Waals surface area contributed by atoms with E-state index in [4.69, 9.17) is 11.5 Å². The van der Waals surface area contributed by atoms with Crippen LogP contribution < -0.4 is 0 Å². The van der Waals surface area contributed by atoms with Crippen LogP contribution in [0.1, 0.15) is 42.7 Å². The number of hydrogen-bond acceptors (Lipinski definition) is 1. The molecule has 0 saturated heterocycles. The zero-order valence-corrected chi connectivity index (χ0v) is 9.52. The van der Waals surface area contributed by atoms with Gasteiger partial charge < -0.3 is 5.11 Å². The van der Waals surface area contributed by atoms with Crippen LogP contribution >= 0.6 is 0 Å². The molecule has 0 unspecified atom stereocenters. The Morgan fingerprint density at radius 2 is 1.88 bits per heavy atom. The molecule has 0 radical (unpaired) electrons. The Morgan fingerprint density at radius 3 is 2.50 bits per heavy atom. The molecular formula is C15H18O. The Bertz CT molecular complexity index is 381. The summed E-state index contributed by atoms with van der Waals surface area (Å²) in [5.74, 6) is 3.87. The van der Waals surface area contributed by atoms with Gasteiger partial charge in [-0.15, -0.1) is 6.42 Å². The summed E-state index contributed by atoms with van der Waals surface area (Å²) in [5, 5.41) is 9.12. The second-order valence-corrected chi connectivity index (χ2v) is 4.63. The fourth-order valence-electron chi connectivity index (χ4n) is 2.64. The largest absolute Gasteiger partial charge is 0.396 e. The van der Waals surface area contributed by atoms with E-state index in [2.05, 4.69) is 18.1 Å². The molecule has 1 N–H and O–H groups in total. The fraction of sp³-hybridized carbons (Fsp3) is 0.467. The lowest BCUT2D eigenvalue weighted by Gasteiger charge is -2.28. The van der Waals surface area contributed by atoms with Gasteiger partial charge in [-0.05, 0) is 49.1 Å². The van der Waals surface area contributed by atoms with E-state index in [0.717, 1.165) is 31.2 Å². The zero-order chi connectivity index (χ0) is 11.4. The van der Waals surface area contributed by atoms with Crippen LogP contribution in [-0.2, 0) is 0 Å². The average Bonchev–Trinajstić information content (AvgIpc) is 2.39. The van der Waals surface area contributed by atoms with Crippen molar-refractivity contribution >= 4 is 0 Å². The Labute approximate surface area is 97.5 Å². The van der Waals surface area contributed by atoms with Crippen molar-refractivity contribution < 1.29 is 5.11 Å². The molecule has 1 saturated carbocycles. The molecule has 2 rings (SSSR count). The van der Waals surface area contributed by atoms with Gasteiger partial charge in [0.05, 0.1) is 0 Å². The summed E-state index contributed by atoms with van der Waals surface area (Å²) >= 11 is 0. The molecule has 1 heteroatoms. The van der Waals surface area contributed by atoms with Crippen molar-refractivity contribution in [2.75, 3.05) is 6.61 Å². The first-order valence-corrected chi connectivity index (χ1v) is 6.01. The minimum absolute atomic E-state index is 0.337. The smallest absolute Gasteiger partial charge is 0.0459 e. The van der Waals surface area contributed by atoms with Crippen molar-refractivity contribution in [1.82, 2.24) is 0 Å². The van der Waals surface area contributed by atoms with E-state index in [1.807, 2.05) is 12.1 Å². The van der Waals surface area contributed by atoms with Crippen LogP contribution in [-0.4, -0.2) is 11.7 Å².